The van der Waals surface area contributed by atoms with Crippen LogP contribution in [0.4, 0.5) is 0 Å². The van der Waals surface area contributed by atoms with Crippen molar-refractivity contribution in [3.05, 3.63) is 51.5 Å². The Labute approximate surface area is 144 Å². The van der Waals surface area contributed by atoms with Gasteiger partial charge in [-0.2, -0.15) is 0 Å². The highest BCUT2D eigenvalue weighted by molar-refractivity contribution is 9.10. The summed E-state index contributed by atoms with van der Waals surface area (Å²) in [6.07, 6.45) is 0.905. The summed E-state index contributed by atoms with van der Waals surface area (Å²) in [6.45, 7) is 0.872. The first kappa shape index (κ1) is 16.1. The molecule has 1 heterocycles. The van der Waals surface area contributed by atoms with Crippen LogP contribution in [0.1, 0.15) is 22.7 Å². The first-order chi connectivity index (χ1) is 11.2. The number of ether oxygens (including phenoxy) is 3. The molecule has 1 unspecified atom stereocenters. The zero-order valence-corrected chi connectivity index (χ0v) is 15.1. The van der Waals surface area contributed by atoms with Gasteiger partial charge in [0.05, 0.1) is 27.4 Å². The summed E-state index contributed by atoms with van der Waals surface area (Å²) >= 11 is 3.56. The molecule has 0 amide bonds. The summed E-state index contributed by atoms with van der Waals surface area (Å²) in [5, 5.41) is 3.59. The summed E-state index contributed by atoms with van der Waals surface area (Å²) in [6, 6.07) is 10.2. The van der Waals surface area contributed by atoms with E-state index in [0.29, 0.717) is 0 Å². The van der Waals surface area contributed by atoms with Gasteiger partial charge in [0.15, 0.2) is 11.5 Å². The molecule has 122 valence electrons. The molecule has 1 aliphatic heterocycles. The van der Waals surface area contributed by atoms with Crippen molar-refractivity contribution in [2.45, 2.75) is 12.5 Å². The highest BCUT2D eigenvalue weighted by atomic mass is 79.9. The molecule has 0 saturated heterocycles. The van der Waals surface area contributed by atoms with Crippen molar-refractivity contribution in [1.82, 2.24) is 5.32 Å². The normalized spacial score (nSPS) is 16.6. The van der Waals surface area contributed by atoms with E-state index in [1.807, 2.05) is 18.2 Å². The van der Waals surface area contributed by atoms with Gasteiger partial charge < -0.3 is 19.5 Å². The Balaban J connectivity index is 2.14. The fourth-order valence-electron chi connectivity index (χ4n) is 3.19. The third kappa shape index (κ3) is 2.91. The highest BCUT2D eigenvalue weighted by Crippen LogP contribution is 2.42. The third-order valence-electron chi connectivity index (χ3n) is 4.22. The average molecular weight is 378 g/mol. The van der Waals surface area contributed by atoms with Crippen molar-refractivity contribution in [2.24, 2.45) is 0 Å². The molecule has 0 aromatic heterocycles. The van der Waals surface area contributed by atoms with Gasteiger partial charge in [0.2, 0.25) is 0 Å². The quantitative estimate of drug-likeness (QED) is 0.881. The molecule has 0 radical (unpaired) electrons. The molecule has 1 aliphatic rings. The summed E-state index contributed by atoms with van der Waals surface area (Å²) in [5.41, 5.74) is 3.50. The van der Waals surface area contributed by atoms with E-state index >= 15 is 0 Å². The topological polar surface area (TPSA) is 39.7 Å². The molecule has 1 atom stereocenters. The maximum atomic E-state index is 5.61. The lowest BCUT2D eigenvalue weighted by Crippen LogP contribution is -2.31. The van der Waals surface area contributed by atoms with Crippen LogP contribution >= 0.6 is 15.9 Å². The van der Waals surface area contributed by atoms with Crippen LogP contribution in [0.15, 0.2) is 34.8 Å². The van der Waals surface area contributed by atoms with Crippen molar-refractivity contribution in [2.75, 3.05) is 27.9 Å². The van der Waals surface area contributed by atoms with Crippen LogP contribution in [0, 0.1) is 0 Å². The van der Waals surface area contributed by atoms with Crippen LogP contribution in [0.2, 0.25) is 0 Å². The molecule has 0 bridgehead atoms. The number of methoxy groups -OCH3 is 3. The lowest BCUT2D eigenvalue weighted by molar-refractivity contribution is 0.348. The van der Waals surface area contributed by atoms with Crippen LogP contribution in [0.3, 0.4) is 0 Å². The fourth-order valence-corrected chi connectivity index (χ4v) is 3.57. The van der Waals surface area contributed by atoms with Gasteiger partial charge in [-0.1, -0.05) is 22.0 Å². The Hall–Kier alpha value is -1.72. The van der Waals surface area contributed by atoms with Crippen molar-refractivity contribution in [3.8, 4) is 17.2 Å². The number of nitrogens with one attached hydrogen (secondary N) is 1. The second-order valence-electron chi connectivity index (χ2n) is 5.39. The second kappa shape index (κ2) is 6.81. The summed E-state index contributed by atoms with van der Waals surface area (Å²) in [5.74, 6) is 2.46. The molecule has 3 rings (SSSR count). The van der Waals surface area contributed by atoms with E-state index in [2.05, 4.69) is 33.4 Å². The van der Waals surface area contributed by atoms with Crippen LogP contribution in [-0.2, 0) is 6.42 Å². The lowest BCUT2D eigenvalue weighted by atomic mass is 9.88. The highest BCUT2D eigenvalue weighted by Gasteiger charge is 2.27. The van der Waals surface area contributed by atoms with Gasteiger partial charge in [-0.05, 0) is 36.2 Å². The molecule has 2 aromatic carbocycles. The third-order valence-corrected chi connectivity index (χ3v) is 4.72. The standard InChI is InChI=1S/C18H20BrNO3/c1-21-15-6-4-11(19)10-14(15)17-12-5-7-16(22-2)18(23-3)13(12)8-9-20-17/h4-7,10,17,20H,8-9H2,1-3H3. The van der Waals surface area contributed by atoms with E-state index in [9.17, 15) is 0 Å². The smallest absolute Gasteiger partial charge is 0.164 e. The van der Waals surface area contributed by atoms with Crippen LogP contribution in [-0.4, -0.2) is 27.9 Å². The fraction of sp³-hybridized carbons (Fsp3) is 0.333. The Morgan fingerprint density at radius 3 is 2.39 bits per heavy atom. The Kier molecular flexibility index (Phi) is 4.78. The SMILES string of the molecule is COc1ccc(Br)cc1C1NCCc2c1ccc(OC)c2OC. The zero-order valence-electron chi connectivity index (χ0n) is 13.5. The van der Waals surface area contributed by atoms with E-state index in [1.165, 1.54) is 11.1 Å². The first-order valence-corrected chi connectivity index (χ1v) is 8.29. The van der Waals surface area contributed by atoms with Crippen LogP contribution in [0.25, 0.3) is 0 Å². The average Bonchev–Trinajstić information content (AvgIpc) is 2.59. The minimum atomic E-state index is 0.0611. The Morgan fingerprint density at radius 1 is 0.957 bits per heavy atom. The minimum Gasteiger partial charge on any atom is -0.496 e. The van der Waals surface area contributed by atoms with Crippen LogP contribution in [0.5, 0.6) is 17.2 Å². The molecule has 0 aliphatic carbocycles. The number of hydrogen-bond donors (Lipinski definition) is 1. The Bertz CT molecular complexity index is 718. The summed E-state index contributed by atoms with van der Waals surface area (Å²) in [7, 11) is 5.06. The lowest BCUT2D eigenvalue weighted by Gasteiger charge is -2.30. The number of halogens is 1. The first-order valence-electron chi connectivity index (χ1n) is 7.50. The van der Waals surface area contributed by atoms with E-state index < -0.39 is 0 Å². The number of benzene rings is 2. The predicted molar refractivity (Wildman–Crippen MR) is 93.8 cm³/mol. The molecule has 23 heavy (non-hydrogen) atoms. The van der Waals surface area contributed by atoms with Gasteiger partial charge in [0, 0.05) is 22.1 Å². The Morgan fingerprint density at radius 2 is 1.70 bits per heavy atom. The van der Waals surface area contributed by atoms with E-state index in [1.54, 1.807) is 21.3 Å². The summed E-state index contributed by atoms with van der Waals surface area (Å²) < 4.78 is 17.6. The van der Waals surface area contributed by atoms with Gasteiger partial charge in [-0.15, -0.1) is 0 Å². The molecule has 0 fully saturated rings. The molecule has 2 aromatic rings. The monoisotopic (exact) mass is 377 g/mol. The number of fused-ring (bicyclic) bond motifs is 1. The van der Waals surface area contributed by atoms with Crippen molar-refractivity contribution in [3.63, 3.8) is 0 Å². The van der Waals surface area contributed by atoms with E-state index in [4.69, 9.17) is 14.2 Å². The molecule has 1 N–H and O–H groups in total. The maximum Gasteiger partial charge on any atom is 0.164 e. The largest absolute Gasteiger partial charge is 0.496 e. The molecular formula is C18H20BrNO3. The van der Waals surface area contributed by atoms with Crippen molar-refractivity contribution in [1.29, 1.82) is 0 Å². The number of hydrogen-bond acceptors (Lipinski definition) is 4. The summed E-state index contributed by atoms with van der Waals surface area (Å²) in [4.78, 5) is 0. The van der Waals surface area contributed by atoms with E-state index in [-0.39, 0.29) is 6.04 Å². The van der Waals surface area contributed by atoms with E-state index in [0.717, 1.165) is 40.3 Å². The second-order valence-corrected chi connectivity index (χ2v) is 6.31. The molecule has 4 nitrogen and oxygen atoms in total. The van der Waals surface area contributed by atoms with Crippen molar-refractivity contribution < 1.29 is 14.2 Å². The molecule has 0 saturated carbocycles. The van der Waals surface area contributed by atoms with Crippen LogP contribution < -0.4 is 19.5 Å². The zero-order chi connectivity index (χ0) is 16.4. The van der Waals surface area contributed by atoms with Gasteiger partial charge in [0.25, 0.3) is 0 Å². The molecule has 0 spiro atoms. The molecular weight excluding hydrogens is 358 g/mol. The molecule has 5 heteroatoms. The minimum absolute atomic E-state index is 0.0611. The maximum absolute atomic E-state index is 5.61. The van der Waals surface area contributed by atoms with Crippen molar-refractivity contribution >= 4 is 15.9 Å². The van der Waals surface area contributed by atoms with Gasteiger partial charge >= 0.3 is 0 Å². The van der Waals surface area contributed by atoms with Gasteiger partial charge in [0.1, 0.15) is 5.75 Å². The predicted octanol–water partition coefficient (Wildman–Crippen LogP) is 3.71. The number of rotatable bonds is 4. The van der Waals surface area contributed by atoms with Gasteiger partial charge in [-0.3, -0.25) is 0 Å². The van der Waals surface area contributed by atoms with Gasteiger partial charge in [-0.25, -0.2) is 0 Å².